The molecule has 0 aliphatic carbocycles. The second-order valence-electron chi connectivity index (χ2n) is 4.72. The number of nitrogens with one attached hydrogen (secondary N) is 1. The number of para-hydroxylation sites is 2. The number of hydrogen-bond donors (Lipinski definition) is 1. The van der Waals surface area contributed by atoms with E-state index in [0.717, 1.165) is 30.1 Å². The number of hydrogen-bond acceptors (Lipinski definition) is 3. The van der Waals surface area contributed by atoms with Gasteiger partial charge in [-0.2, -0.15) is 0 Å². The molecule has 0 bridgehead atoms. The molecule has 0 saturated heterocycles. The van der Waals surface area contributed by atoms with E-state index >= 15 is 0 Å². The number of fused-ring (bicyclic) bond motifs is 1. The van der Waals surface area contributed by atoms with E-state index in [4.69, 9.17) is 4.98 Å². The summed E-state index contributed by atoms with van der Waals surface area (Å²) in [5, 5.41) is 3.15. The topological polar surface area (TPSA) is 42.7 Å². The monoisotopic (exact) mass is 266 g/mol. The van der Waals surface area contributed by atoms with E-state index in [1.54, 1.807) is 0 Å². The molecule has 1 aromatic carbocycles. The van der Waals surface area contributed by atoms with Crippen LogP contribution in [0.5, 0.6) is 0 Å². The fourth-order valence-electron chi connectivity index (χ4n) is 2.53. The van der Waals surface area contributed by atoms with Crippen LogP contribution in [0.4, 0.5) is 5.82 Å². The smallest absolute Gasteiger partial charge is 0.130 e. The molecule has 0 spiro atoms. The van der Waals surface area contributed by atoms with E-state index in [9.17, 15) is 0 Å². The van der Waals surface area contributed by atoms with Gasteiger partial charge in [-0.3, -0.25) is 0 Å². The number of aryl methyl sites for hydroxylation is 1. The first kappa shape index (κ1) is 12.7. The number of benzene rings is 1. The van der Waals surface area contributed by atoms with Gasteiger partial charge in [0, 0.05) is 25.2 Å². The van der Waals surface area contributed by atoms with E-state index in [1.807, 2.05) is 25.4 Å². The summed E-state index contributed by atoms with van der Waals surface area (Å²) < 4.78 is 2.27. The number of pyridine rings is 1. The van der Waals surface area contributed by atoms with Crippen molar-refractivity contribution in [2.75, 3.05) is 12.4 Å². The Labute approximate surface area is 118 Å². The highest BCUT2D eigenvalue weighted by atomic mass is 15.1. The molecule has 1 N–H and O–H groups in total. The van der Waals surface area contributed by atoms with Crippen LogP contribution in [-0.2, 0) is 13.0 Å². The highest BCUT2D eigenvalue weighted by Crippen LogP contribution is 2.20. The lowest BCUT2D eigenvalue weighted by Crippen LogP contribution is -2.07. The second-order valence-corrected chi connectivity index (χ2v) is 4.72. The third-order valence-corrected chi connectivity index (χ3v) is 3.51. The van der Waals surface area contributed by atoms with Crippen LogP contribution >= 0.6 is 0 Å². The summed E-state index contributed by atoms with van der Waals surface area (Å²) in [4.78, 5) is 9.07. The average Bonchev–Trinajstić information content (AvgIpc) is 2.86. The molecule has 0 aliphatic heterocycles. The summed E-state index contributed by atoms with van der Waals surface area (Å²) in [5.74, 6) is 2.03. The first-order valence-electron chi connectivity index (χ1n) is 6.89. The van der Waals surface area contributed by atoms with Crippen molar-refractivity contribution in [1.29, 1.82) is 0 Å². The summed E-state index contributed by atoms with van der Waals surface area (Å²) in [6.07, 6.45) is 2.73. The standard InChI is InChI=1S/C16H18N4/c1-3-15-19-13-8-4-5-9-14(13)20(15)11-12-7-6-10-18-16(12)17-2/h4-10H,3,11H2,1-2H3,(H,17,18). The minimum Gasteiger partial charge on any atom is -0.373 e. The Morgan fingerprint density at radius 2 is 2.00 bits per heavy atom. The quantitative estimate of drug-likeness (QED) is 0.789. The van der Waals surface area contributed by atoms with E-state index in [-0.39, 0.29) is 0 Å². The molecule has 0 aliphatic rings. The second kappa shape index (κ2) is 5.33. The maximum absolute atomic E-state index is 4.70. The predicted octanol–water partition coefficient (Wildman–Crippen LogP) is 3.08. The molecule has 4 heteroatoms. The van der Waals surface area contributed by atoms with Crippen LogP contribution in [0, 0.1) is 0 Å². The maximum Gasteiger partial charge on any atom is 0.130 e. The third kappa shape index (κ3) is 2.13. The molecule has 0 atom stereocenters. The Bertz CT molecular complexity index is 730. The number of nitrogens with zero attached hydrogens (tertiary/aromatic N) is 3. The lowest BCUT2D eigenvalue weighted by atomic mass is 10.2. The fraction of sp³-hybridized carbons (Fsp3) is 0.250. The fourth-order valence-corrected chi connectivity index (χ4v) is 2.53. The summed E-state index contributed by atoms with van der Waals surface area (Å²) in [6, 6.07) is 12.3. The Morgan fingerprint density at radius 1 is 1.15 bits per heavy atom. The van der Waals surface area contributed by atoms with Crippen molar-refractivity contribution in [3.63, 3.8) is 0 Å². The Morgan fingerprint density at radius 3 is 2.80 bits per heavy atom. The van der Waals surface area contributed by atoms with Crippen LogP contribution in [0.15, 0.2) is 42.6 Å². The van der Waals surface area contributed by atoms with Gasteiger partial charge in [-0.15, -0.1) is 0 Å². The van der Waals surface area contributed by atoms with Crippen molar-refractivity contribution in [3.8, 4) is 0 Å². The normalized spacial score (nSPS) is 10.9. The number of rotatable bonds is 4. The molecule has 3 aromatic rings. The summed E-state index contributed by atoms with van der Waals surface area (Å²) in [6.45, 7) is 2.92. The Balaban J connectivity index is 2.10. The summed E-state index contributed by atoms with van der Waals surface area (Å²) in [7, 11) is 1.90. The zero-order valence-corrected chi connectivity index (χ0v) is 11.8. The SMILES string of the molecule is CCc1nc2ccccc2n1Cc1cccnc1NC. The van der Waals surface area contributed by atoms with Crippen LogP contribution in [0.25, 0.3) is 11.0 Å². The van der Waals surface area contributed by atoms with Gasteiger partial charge < -0.3 is 9.88 Å². The zero-order valence-electron chi connectivity index (χ0n) is 11.8. The van der Waals surface area contributed by atoms with Crippen molar-refractivity contribution in [3.05, 3.63) is 54.0 Å². The van der Waals surface area contributed by atoms with Crippen LogP contribution in [-0.4, -0.2) is 21.6 Å². The summed E-state index contributed by atoms with van der Waals surface area (Å²) >= 11 is 0. The molecule has 0 unspecified atom stereocenters. The molecule has 4 nitrogen and oxygen atoms in total. The lowest BCUT2D eigenvalue weighted by Gasteiger charge is -2.11. The number of imidazole rings is 1. The van der Waals surface area contributed by atoms with Crippen molar-refractivity contribution in [2.45, 2.75) is 19.9 Å². The van der Waals surface area contributed by atoms with E-state index in [0.29, 0.717) is 0 Å². The van der Waals surface area contributed by atoms with Gasteiger partial charge in [0.05, 0.1) is 17.6 Å². The molecule has 0 amide bonds. The van der Waals surface area contributed by atoms with Crippen LogP contribution < -0.4 is 5.32 Å². The van der Waals surface area contributed by atoms with Crippen LogP contribution in [0.2, 0.25) is 0 Å². The molecular weight excluding hydrogens is 248 g/mol. The highest BCUT2D eigenvalue weighted by molar-refractivity contribution is 5.76. The molecule has 0 saturated carbocycles. The van der Waals surface area contributed by atoms with E-state index in [2.05, 4.69) is 46.1 Å². The van der Waals surface area contributed by atoms with Crippen LogP contribution in [0.3, 0.4) is 0 Å². The van der Waals surface area contributed by atoms with Gasteiger partial charge >= 0.3 is 0 Å². The predicted molar refractivity (Wildman–Crippen MR) is 82.0 cm³/mol. The lowest BCUT2D eigenvalue weighted by molar-refractivity contribution is 0.752. The minimum atomic E-state index is 0.785. The average molecular weight is 266 g/mol. The van der Waals surface area contributed by atoms with Crippen molar-refractivity contribution < 1.29 is 0 Å². The largest absolute Gasteiger partial charge is 0.373 e. The zero-order chi connectivity index (χ0) is 13.9. The van der Waals surface area contributed by atoms with Gasteiger partial charge in [-0.05, 0) is 18.2 Å². The Hall–Kier alpha value is -2.36. The van der Waals surface area contributed by atoms with Crippen molar-refractivity contribution >= 4 is 16.9 Å². The first-order chi connectivity index (χ1) is 9.83. The third-order valence-electron chi connectivity index (χ3n) is 3.51. The highest BCUT2D eigenvalue weighted by Gasteiger charge is 2.11. The van der Waals surface area contributed by atoms with Gasteiger partial charge in [0.2, 0.25) is 0 Å². The first-order valence-corrected chi connectivity index (χ1v) is 6.89. The van der Waals surface area contributed by atoms with E-state index in [1.165, 1.54) is 11.1 Å². The number of anilines is 1. The molecule has 20 heavy (non-hydrogen) atoms. The molecule has 2 heterocycles. The van der Waals surface area contributed by atoms with Gasteiger partial charge in [-0.25, -0.2) is 9.97 Å². The van der Waals surface area contributed by atoms with Gasteiger partial charge in [0.1, 0.15) is 11.6 Å². The molecule has 0 fully saturated rings. The molecule has 102 valence electrons. The minimum absolute atomic E-state index is 0.785. The summed E-state index contributed by atoms with van der Waals surface area (Å²) in [5.41, 5.74) is 3.40. The Kier molecular flexibility index (Phi) is 3.37. The molecule has 2 aromatic heterocycles. The van der Waals surface area contributed by atoms with Gasteiger partial charge in [-0.1, -0.05) is 25.1 Å². The number of aromatic nitrogens is 3. The molecule has 3 rings (SSSR count). The van der Waals surface area contributed by atoms with Crippen molar-refractivity contribution in [1.82, 2.24) is 14.5 Å². The van der Waals surface area contributed by atoms with Crippen molar-refractivity contribution in [2.24, 2.45) is 0 Å². The van der Waals surface area contributed by atoms with E-state index < -0.39 is 0 Å². The van der Waals surface area contributed by atoms with Gasteiger partial charge in [0.15, 0.2) is 0 Å². The molecular formula is C16H18N4. The van der Waals surface area contributed by atoms with Gasteiger partial charge in [0.25, 0.3) is 0 Å². The molecule has 0 radical (unpaired) electrons. The van der Waals surface area contributed by atoms with Crippen LogP contribution in [0.1, 0.15) is 18.3 Å². The maximum atomic E-state index is 4.70.